The van der Waals surface area contributed by atoms with Crippen molar-refractivity contribution in [2.45, 2.75) is 45.5 Å². The molecule has 37 heavy (non-hydrogen) atoms. The summed E-state index contributed by atoms with van der Waals surface area (Å²) in [5.41, 5.74) is 3.41. The molecule has 0 radical (unpaired) electrons. The van der Waals surface area contributed by atoms with Gasteiger partial charge in [-0.25, -0.2) is 4.39 Å². The van der Waals surface area contributed by atoms with Crippen molar-refractivity contribution in [3.05, 3.63) is 106 Å². The molecule has 7 heteroatoms. The summed E-state index contributed by atoms with van der Waals surface area (Å²) in [6.45, 7) is 6.90. The molecular formula is C30H34ClFN2O2S. The van der Waals surface area contributed by atoms with Crippen molar-refractivity contribution in [1.82, 2.24) is 10.2 Å². The molecule has 0 heterocycles. The van der Waals surface area contributed by atoms with Crippen molar-refractivity contribution in [3.8, 4) is 0 Å². The van der Waals surface area contributed by atoms with E-state index in [0.29, 0.717) is 30.1 Å². The zero-order valence-electron chi connectivity index (χ0n) is 21.5. The van der Waals surface area contributed by atoms with Gasteiger partial charge >= 0.3 is 0 Å². The van der Waals surface area contributed by atoms with Gasteiger partial charge < -0.3 is 10.2 Å². The highest BCUT2D eigenvalue weighted by molar-refractivity contribution is 7.99. The molecule has 0 fully saturated rings. The van der Waals surface area contributed by atoms with Crippen LogP contribution in [-0.4, -0.2) is 35.1 Å². The third-order valence-electron chi connectivity index (χ3n) is 5.96. The average molecular weight is 541 g/mol. The lowest BCUT2D eigenvalue weighted by Gasteiger charge is -2.32. The second-order valence-electron chi connectivity index (χ2n) is 9.54. The third-order valence-corrected chi connectivity index (χ3v) is 7.26. The molecule has 0 aliphatic rings. The maximum Gasteiger partial charge on any atom is 0.243 e. The lowest BCUT2D eigenvalue weighted by Crippen LogP contribution is -2.51. The molecule has 4 nitrogen and oxygen atoms in total. The van der Waals surface area contributed by atoms with Crippen LogP contribution < -0.4 is 5.32 Å². The molecule has 1 N–H and O–H groups in total. The first-order chi connectivity index (χ1) is 17.7. The highest BCUT2D eigenvalue weighted by Crippen LogP contribution is 2.25. The molecule has 0 saturated heterocycles. The van der Waals surface area contributed by atoms with Crippen LogP contribution >= 0.6 is 23.4 Å². The maximum absolute atomic E-state index is 14.2. The van der Waals surface area contributed by atoms with Gasteiger partial charge in [-0.2, -0.15) is 0 Å². The molecule has 1 atom stereocenters. The molecule has 0 bridgehead atoms. The maximum atomic E-state index is 14.2. The molecule has 0 saturated carbocycles. The van der Waals surface area contributed by atoms with Gasteiger partial charge in [0.15, 0.2) is 0 Å². The second-order valence-corrected chi connectivity index (χ2v) is 10.9. The predicted octanol–water partition coefficient (Wildman–Crippen LogP) is 6.43. The summed E-state index contributed by atoms with van der Waals surface area (Å²) >= 11 is 7.46. The van der Waals surface area contributed by atoms with Crippen LogP contribution in [-0.2, 0) is 28.3 Å². The fourth-order valence-electron chi connectivity index (χ4n) is 3.86. The Kier molecular flexibility index (Phi) is 11.0. The van der Waals surface area contributed by atoms with Gasteiger partial charge in [0.25, 0.3) is 0 Å². The Balaban J connectivity index is 1.85. The number of nitrogens with zero attached hydrogens (tertiary/aromatic N) is 1. The number of carbonyl (C=O) groups excluding carboxylic acids is 2. The van der Waals surface area contributed by atoms with Crippen LogP contribution in [0.5, 0.6) is 0 Å². The number of rotatable bonds is 12. The van der Waals surface area contributed by atoms with E-state index < -0.39 is 6.04 Å². The molecule has 0 aliphatic carbocycles. The van der Waals surface area contributed by atoms with Gasteiger partial charge in [-0.3, -0.25) is 9.59 Å². The van der Waals surface area contributed by atoms with E-state index in [1.165, 1.54) is 17.8 Å². The van der Waals surface area contributed by atoms with Crippen molar-refractivity contribution < 1.29 is 14.0 Å². The van der Waals surface area contributed by atoms with Gasteiger partial charge in [-0.05, 0) is 36.1 Å². The minimum atomic E-state index is -0.687. The summed E-state index contributed by atoms with van der Waals surface area (Å²) < 4.78 is 14.2. The summed E-state index contributed by atoms with van der Waals surface area (Å²) in [5.74, 6) is -0.112. The molecule has 3 aromatic rings. The van der Waals surface area contributed by atoms with Gasteiger partial charge in [0.1, 0.15) is 11.9 Å². The number of halogens is 2. The minimum absolute atomic E-state index is 0.0965. The van der Waals surface area contributed by atoms with Crippen LogP contribution in [0.3, 0.4) is 0 Å². The van der Waals surface area contributed by atoms with E-state index in [0.717, 1.165) is 16.7 Å². The lowest BCUT2D eigenvalue weighted by atomic mass is 10.0. The first-order valence-electron chi connectivity index (χ1n) is 12.4. The Morgan fingerprint density at radius 2 is 1.68 bits per heavy atom. The lowest BCUT2D eigenvalue weighted by molar-refractivity contribution is -0.139. The number of carbonyl (C=O) groups is 2. The molecular weight excluding hydrogens is 507 g/mol. The largest absolute Gasteiger partial charge is 0.354 e. The van der Waals surface area contributed by atoms with Crippen LogP contribution in [0, 0.1) is 18.7 Å². The van der Waals surface area contributed by atoms with Crippen LogP contribution in [0.25, 0.3) is 0 Å². The molecule has 0 unspecified atom stereocenters. The Bertz CT molecular complexity index is 1150. The van der Waals surface area contributed by atoms with Gasteiger partial charge in [-0.1, -0.05) is 91.7 Å². The van der Waals surface area contributed by atoms with Crippen molar-refractivity contribution in [2.75, 3.05) is 12.3 Å². The van der Waals surface area contributed by atoms with E-state index in [9.17, 15) is 14.0 Å². The van der Waals surface area contributed by atoms with Crippen LogP contribution in [0.1, 0.15) is 36.1 Å². The third kappa shape index (κ3) is 8.90. The summed E-state index contributed by atoms with van der Waals surface area (Å²) in [6.07, 6.45) is 0.395. The SMILES string of the molecule is Cc1ccc(CN(C(=O)CSCc2c(F)cccc2Cl)[C@@H](Cc2ccccc2)C(=O)NCC(C)C)cc1. The molecule has 0 aromatic heterocycles. The Hall–Kier alpha value is -2.83. The van der Waals surface area contributed by atoms with Crippen LogP contribution in [0.15, 0.2) is 72.8 Å². The quantitative estimate of drug-likeness (QED) is 0.288. The summed E-state index contributed by atoms with van der Waals surface area (Å²) in [5, 5.41) is 3.36. The first-order valence-corrected chi connectivity index (χ1v) is 13.9. The van der Waals surface area contributed by atoms with E-state index in [1.807, 2.05) is 75.4 Å². The summed E-state index contributed by atoms with van der Waals surface area (Å²) in [7, 11) is 0. The number of nitrogens with one attached hydrogen (secondary N) is 1. The Morgan fingerprint density at radius 1 is 0.973 bits per heavy atom. The number of hydrogen-bond acceptors (Lipinski definition) is 3. The molecule has 3 aromatic carbocycles. The predicted molar refractivity (Wildman–Crippen MR) is 151 cm³/mol. The smallest absolute Gasteiger partial charge is 0.243 e. The topological polar surface area (TPSA) is 49.4 Å². The summed E-state index contributed by atoms with van der Waals surface area (Å²) in [4.78, 5) is 28.8. The number of thioether (sulfide) groups is 1. The van der Waals surface area contributed by atoms with Crippen molar-refractivity contribution in [1.29, 1.82) is 0 Å². The molecule has 2 amide bonds. The zero-order valence-corrected chi connectivity index (χ0v) is 23.1. The van der Waals surface area contributed by atoms with E-state index in [-0.39, 0.29) is 35.1 Å². The standard InChI is InChI=1S/C30H34ClFN2O2S/c1-21(2)17-33-30(36)28(16-23-8-5-4-6-9-23)34(18-24-14-12-22(3)13-15-24)29(35)20-37-19-25-26(31)10-7-11-27(25)32/h4-15,21,28H,16-20H2,1-3H3,(H,33,36)/t28-/m0/s1. The normalized spacial score (nSPS) is 11.8. The number of amides is 2. The van der Waals surface area contributed by atoms with E-state index in [4.69, 9.17) is 11.6 Å². The van der Waals surface area contributed by atoms with E-state index in [2.05, 4.69) is 5.32 Å². The fraction of sp³-hybridized carbons (Fsp3) is 0.333. The first kappa shape index (κ1) is 28.7. The fourth-order valence-corrected chi connectivity index (χ4v) is 5.11. The van der Waals surface area contributed by atoms with Crippen molar-refractivity contribution in [2.24, 2.45) is 5.92 Å². The van der Waals surface area contributed by atoms with Gasteiger partial charge in [-0.15, -0.1) is 11.8 Å². The Morgan fingerprint density at radius 3 is 2.32 bits per heavy atom. The average Bonchev–Trinajstić information content (AvgIpc) is 2.88. The van der Waals surface area contributed by atoms with Crippen LogP contribution in [0.4, 0.5) is 4.39 Å². The van der Waals surface area contributed by atoms with E-state index in [1.54, 1.807) is 17.0 Å². The minimum Gasteiger partial charge on any atom is -0.354 e. The molecule has 0 aliphatic heterocycles. The van der Waals surface area contributed by atoms with Gasteiger partial charge in [0.2, 0.25) is 11.8 Å². The molecule has 3 rings (SSSR count). The number of aryl methyl sites for hydroxylation is 1. The van der Waals surface area contributed by atoms with E-state index >= 15 is 0 Å². The molecule has 196 valence electrons. The monoisotopic (exact) mass is 540 g/mol. The van der Waals surface area contributed by atoms with Gasteiger partial charge in [0, 0.05) is 35.8 Å². The van der Waals surface area contributed by atoms with Crippen molar-refractivity contribution >= 4 is 35.2 Å². The van der Waals surface area contributed by atoms with Gasteiger partial charge in [0.05, 0.1) is 5.75 Å². The Labute approximate surface area is 228 Å². The summed E-state index contributed by atoms with van der Waals surface area (Å²) in [6, 6.07) is 21.5. The molecule has 0 spiro atoms. The van der Waals surface area contributed by atoms with Crippen LogP contribution in [0.2, 0.25) is 5.02 Å². The zero-order chi connectivity index (χ0) is 26.8. The van der Waals surface area contributed by atoms with Crippen molar-refractivity contribution in [3.63, 3.8) is 0 Å². The highest BCUT2D eigenvalue weighted by Gasteiger charge is 2.30. The number of benzene rings is 3. The second kappa shape index (κ2) is 14.2. The highest BCUT2D eigenvalue weighted by atomic mass is 35.5. The number of hydrogen-bond donors (Lipinski definition) is 1.